The average Bonchev–Trinajstić information content (AvgIpc) is 3.18. The van der Waals surface area contributed by atoms with Crippen molar-refractivity contribution < 1.29 is 18.7 Å². The van der Waals surface area contributed by atoms with Crippen molar-refractivity contribution in [2.75, 3.05) is 11.4 Å². The molecule has 0 spiro atoms. The molecule has 29 heavy (non-hydrogen) atoms. The van der Waals surface area contributed by atoms with Gasteiger partial charge < -0.3 is 9.64 Å². The first-order chi connectivity index (χ1) is 14.0. The van der Waals surface area contributed by atoms with Crippen LogP contribution in [0.5, 0.6) is 5.75 Å². The van der Waals surface area contributed by atoms with Crippen molar-refractivity contribution in [2.24, 2.45) is 0 Å². The minimum Gasteiger partial charge on any atom is -0.481 e. The van der Waals surface area contributed by atoms with Crippen LogP contribution in [0.15, 0.2) is 72.8 Å². The highest BCUT2D eigenvalue weighted by molar-refractivity contribution is 6.09. The Morgan fingerprint density at radius 1 is 0.931 bits per heavy atom. The Labute approximate surface area is 168 Å². The maximum absolute atomic E-state index is 13.0. The Morgan fingerprint density at radius 3 is 2.24 bits per heavy atom. The van der Waals surface area contributed by atoms with Gasteiger partial charge in [0, 0.05) is 23.4 Å². The van der Waals surface area contributed by atoms with Crippen molar-refractivity contribution in [3.63, 3.8) is 0 Å². The zero-order chi connectivity index (χ0) is 20.4. The number of hydrogen-bond donors (Lipinski definition) is 0. The van der Waals surface area contributed by atoms with E-state index >= 15 is 0 Å². The molecular weight excluding hydrogens is 369 g/mol. The number of hydrogen-bond acceptors (Lipinski definition) is 3. The summed E-state index contributed by atoms with van der Waals surface area (Å²) in [5, 5.41) is 0. The number of ether oxygens (including phenoxy) is 1. The summed E-state index contributed by atoms with van der Waals surface area (Å²) in [5.41, 5.74) is 2.98. The fraction of sp³-hybridized carbons (Fsp3) is 0.167. The van der Waals surface area contributed by atoms with Crippen molar-refractivity contribution in [1.29, 1.82) is 0 Å². The zero-order valence-electron chi connectivity index (χ0n) is 16.0. The van der Waals surface area contributed by atoms with Crippen LogP contribution in [0, 0.1) is 5.82 Å². The number of para-hydroxylation sites is 1. The number of amides is 1. The van der Waals surface area contributed by atoms with E-state index in [0.717, 1.165) is 17.7 Å². The number of rotatable bonds is 5. The van der Waals surface area contributed by atoms with Gasteiger partial charge in [0.2, 0.25) is 0 Å². The third-order valence-corrected chi connectivity index (χ3v) is 5.04. The lowest BCUT2D eigenvalue weighted by molar-refractivity contribution is -0.124. The topological polar surface area (TPSA) is 46.6 Å². The van der Waals surface area contributed by atoms with Crippen LogP contribution in [0.2, 0.25) is 0 Å². The average molecular weight is 389 g/mol. The smallest absolute Gasteiger partial charge is 0.267 e. The molecule has 0 saturated carbocycles. The molecule has 1 heterocycles. The third kappa shape index (κ3) is 3.90. The maximum atomic E-state index is 13.0. The van der Waals surface area contributed by atoms with E-state index in [9.17, 15) is 14.0 Å². The van der Waals surface area contributed by atoms with E-state index in [1.54, 1.807) is 36.1 Å². The third-order valence-electron chi connectivity index (χ3n) is 5.04. The highest BCUT2D eigenvalue weighted by Gasteiger charge is 2.28. The number of ketones is 1. The summed E-state index contributed by atoms with van der Waals surface area (Å²) < 4.78 is 18.8. The summed E-state index contributed by atoms with van der Waals surface area (Å²) in [7, 11) is 0. The van der Waals surface area contributed by atoms with Crippen molar-refractivity contribution in [3.8, 4) is 5.75 Å². The van der Waals surface area contributed by atoms with Gasteiger partial charge in [0.25, 0.3) is 5.91 Å². The molecule has 0 fully saturated rings. The predicted molar refractivity (Wildman–Crippen MR) is 109 cm³/mol. The summed E-state index contributed by atoms with van der Waals surface area (Å²) in [6, 6.07) is 19.9. The lowest BCUT2D eigenvalue weighted by Gasteiger charge is -2.22. The summed E-state index contributed by atoms with van der Waals surface area (Å²) >= 11 is 0. The van der Waals surface area contributed by atoms with Gasteiger partial charge in [0.15, 0.2) is 11.9 Å². The monoisotopic (exact) mass is 389 g/mol. The Hall–Kier alpha value is -3.47. The van der Waals surface area contributed by atoms with Gasteiger partial charge in [-0.15, -0.1) is 0 Å². The Balaban J connectivity index is 1.43. The SMILES string of the molecule is CC(Oc1ccc(C(=O)c2ccc(F)cc2)cc1)C(=O)N1CCc2ccccc21. The van der Waals surface area contributed by atoms with E-state index in [2.05, 4.69) is 0 Å². The second kappa shape index (κ2) is 7.87. The van der Waals surface area contributed by atoms with Crippen molar-refractivity contribution in [1.82, 2.24) is 0 Å². The molecule has 0 radical (unpaired) electrons. The van der Waals surface area contributed by atoms with Crippen LogP contribution in [-0.4, -0.2) is 24.3 Å². The van der Waals surface area contributed by atoms with Gasteiger partial charge in [-0.3, -0.25) is 9.59 Å². The first kappa shape index (κ1) is 18.9. The molecule has 1 aliphatic rings. The molecule has 1 aliphatic heterocycles. The Morgan fingerprint density at radius 2 is 1.55 bits per heavy atom. The van der Waals surface area contributed by atoms with Gasteiger partial charge in [-0.2, -0.15) is 0 Å². The lowest BCUT2D eigenvalue weighted by Crippen LogP contribution is -2.39. The predicted octanol–water partition coefficient (Wildman–Crippen LogP) is 4.41. The summed E-state index contributed by atoms with van der Waals surface area (Å²) in [6.45, 7) is 2.37. The van der Waals surface area contributed by atoms with Gasteiger partial charge in [0.1, 0.15) is 11.6 Å². The van der Waals surface area contributed by atoms with E-state index in [4.69, 9.17) is 4.74 Å². The molecule has 0 aliphatic carbocycles. The van der Waals surface area contributed by atoms with Crippen LogP contribution in [0.25, 0.3) is 0 Å². The normalized spacial score (nSPS) is 13.7. The number of anilines is 1. The molecule has 146 valence electrons. The van der Waals surface area contributed by atoms with Gasteiger partial charge in [-0.25, -0.2) is 4.39 Å². The quantitative estimate of drug-likeness (QED) is 0.607. The molecule has 0 N–H and O–H groups in total. The van der Waals surface area contributed by atoms with Gasteiger partial charge in [0.05, 0.1) is 0 Å². The van der Waals surface area contributed by atoms with E-state index in [-0.39, 0.29) is 17.5 Å². The Kier molecular flexibility index (Phi) is 5.12. The van der Waals surface area contributed by atoms with Crippen LogP contribution in [-0.2, 0) is 11.2 Å². The van der Waals surface area contributed by atoms with E-state index in [1.807, 2.05) is 24.3 Å². The standard InChI is InChI=1S/C24H20FNO3/c1-16(24(28)26-15-14-17-4-2-3-5-22(17)26)29-21-12-8-19(9-13-21)23(27)18-6-10-20(25)11-7-18/h2-13,16H,14-15H2,1H3. The van der Waals surface area contributed by atoms with Gasteiger partial charge in [-0.1, -0.05) is 18.2 Å². The van der Waals surface area contributed by atoms with Crippen molar-refractivity contribution >= 4 is 17.4 Å². The maximum Gasteiger partial charge on any atom is 0.267 e. The minimum atomic E-state index is -0.653. The molecule has 1 atom stereocenters. The van der Waals surface area contributed by atoms with E-state index in [0.29, 0.717) is 23.4 Å². The van der Waals surface area contributed by atoms with Gasteiger partial charge >= 0.3 is 0 Å². The van der Waals surface area contributed by atoms with Crippen LogP contribution < -0.4 is 9.64 Å². The highest BCUT2D eigenvalue weighted by atomic mass is 19.1. The zero-order valence-corrected chi connectivity index (χ0v) is 16.0. The van der Waals surface area contributed by atoms with Crippen LogP contribution in [0.1, 0.15) is 28.4 Å². The molecule has 3 aromatic carbocycles. The molecule has 3 aromatic rings. The van der Waals surface area contributed by atoms with E-state index < -0.39 is 6.10 Å². The van der Waals surface area contributed by atoms with Crippen molar-refractivity contribution in [2.45, 2.75) is 19.4 Å². The van der Waals surface area contributed by atoms with E-state index in [1.165, 1.54) is 24.3 Å². The van der Waals surface area contributed by atoms with Crippen LogP contribution >= 0.6 is 0 Å². The first-order valence-corrected chi connectivity index (χ1v) is 9.49. The minimum absolute atomic E-state index is 0.0959. The number of carbonyl (C=O) groups is 2. The number of carbonyl (C=O) groups excluding carboxylic acids is 2. The molecule has 4 nitrogen and oxygen atoms in total. The van der Waals surface area contributed by atoms with Crippen LogP contribution in [0.4, 0.5) is 10.1 Å². The summed E-state index contributed by atoms with van der Waals surface area (Å²) in [5.74, 6) is -0.172. The molecule has 0 aromatic heterocycles. The molecule has 0 bridgehead atoms. The number of benzene rings is 3. The molecule has 1 amide bonds. The number of nitrogens with zero attached hydrogens (tertiary/aromatic N) is 1. The second-order valence-corrected chi connectivity index (χ2v) is 6.99. The van der Waals surface area contributed by atoms with Crippen LogP contribution in [0.3, 0.4) is 0 Å². The molecule has 4 rings (SSSR count). The summed E-state index contributed by atoms with van der Waals surface area (Å²) in [6.07, 6.45) is 0.189. The molecule has 1 unspecified atom stereocenters. The largest absolute Gasteiger partial charge is 0.481 e. The second-order valence-electron chi connectivity index (χ2n) is 6.99. The van der Waals surface area contributed by atoms with Crippen molar-refractivity contribution in [3.05, 3.63) is 95.3 Å². The fourth-order valence-electron chi connectivity index (χ4n) is 3.49. The van der Waals surface area contributed by atoms with Gasteiger partial charge in [-0.05, 0) is 73.5 Å². The highest BCUT2D eigenvalue weighted by Crippen LogP contribution is 2.28. The molecule has 0 saturated heterocycles. The molecular formula is C24H20FNO3. The Bertz CT molecular complexity index is 1040. The number of fused-ring (bicyclic) bond motifs is 1. The lowest BCUT2D eigenvalue weighted by atomic mass is 10.0. The fourth-order valence-corrected chi connectivity index (χ4v) is 3.49. The number of halogens is 1. The first-order valence-electron chi connectivity index (χ1n) is 9.49. The molecule has 5 heteroatoms. The summed E-state index contributed by atoms with van der Waals surface area (Å²) in [4.78, 5) is 27.0.